The predicted octanol–water partition coefficient (Wildman–Crippen LogP) is 3.02. The SMILES string of the molecule is CCC1=NO[C@H](C(=O)N2CCC3(CCC(=O)N(CCc4ccccc4)C3)CC2)C1. The molecule has 6 heteroatoms. The molecule has 3 aliphatic rings. The summed E-state index contributed by atoms with van der Waals surface area (Å²) >= 11 is 0. The van der Waals surface area contributed by atoms with Gasteiger partial charge in [0.25, 0.3) is 5.91 Å². The van der Waals surface area contributed by atoms with E-state index in [4.69, 9.17) is 4.84 Å². The van der Waals surface area contributed by atoms with Crippen molar-refractivity contribution in [1.29, 1.82) is 0 Å². The van der Waals surface area contributed by atoms with Crippen LogP contribution in [0.25, 0.3) is 0 Å². The summed E-state index contributed by atoms with van der Waals surface area (Å²) in [7, 11) is 0. The maximum atomic E-state index is 12.8. The molecule has 0 aliphatic carbocycles. The van der Waals surface area contributed by atoms with Crippen LogP contribution in [0.15, 0.2) is 35.5 Å². The van der Waals surface area contributed by atoms with Gasteiger partial charge >= 0.3 is 0 Å². The lowest BCUT2D eigenvalue weighted by Gasteiger charge is -2.47. The molecule has 2 saturated heterocycles. The van der Waals surface area contributed by atoms with Gasteiger partial charge in [0.1, 0.15) is 0 Å². The molecule has 0 aromatic heterocycles. The van der Waals surface area contributed by atoms with Crippen LogP contribution in [0.2, 0.25) is 0 Å². The Labute approximate surface area is 172 Å². The summed E-state index contributed by atoms with van der Waals surface area (Å²) in [6.45, 7) is 5.14. The molecule has 3 heterocycles. The van der Waals surface area contributed by atoms with E-state index in [9.17, 15) is 9.59 Å². The highest BCUT2D eigenvalue weighted by atomic mass is 16.6. The molecule has 0 unspecified atom stereocenters. The monoisotopic (exact) mass is 397 g/mol. The van der Waals surface area contributed by atoms with Crippen molar-refractivity contribution in [2.75, 3.05) is 26.2 Å². The zero-order valence-corrected chi connectivity index (χ0v) is 17.3. The number of carbonyl (C=O) groups is 2. The van der Waals surface area contributed by atoms with Gasteiger partial charge < -0.3 is 14.6 Å². The van der Waals surface area contributed by atoms with Gasteiger partial charge in [0.2, 0.25) is 12.0 Å². The molecule has 1 atom stereocenters. The van der Waals surface area contributed by atoms with E-state index in [1.165, 1.54) is 5.56 Å². The van der Waals surface area contributed by atoms with Gasteiger partial charge in [-0.05, 0) is 43.1 Å². The minimum Gasteiger partial charge on any atom is -0.382 e. The Balaban J connectivity index is 1.30. The Morgan fingerprint density at radius 2 is 1.97 bits per heavy atom. The number of oxime groups is 1. The molecule has 0 N–H and O–H groups in total. The summed E-state index contributed by atoms with van der Waals surface area (Å²) in [6.07, 6.45) is 5.41. The molecular formula is C23H31N3O3. The van der Waals surface area contributed by atoms with Crippen LogP contribution in [0.4, 0.5) is 0 Å². The summed E-state index contributed by atoms with van der Waals surface area (Å²) < 4.78 is 0. The van der Waals surface area contributed by atoms with Crippen LogP contribution in [0.3, 0.4) is 0 Å². The van der Waals surface area contributed by atoms with Gasteiger partial charge in [0.15, 0.2) is 0 Å². The zero-order valence-electron chi connectivity index (χ0n) is 17.3. The van der Waals surface area contributed by atoms with Gasteiger partial charge in [-0.25, -0.2) is 0 Å². The van der Waals surface area contributed by atoms with Gasteiger partial charge in [-0.15, -0.1) is 0 Å². The highest BCUT2D eigenvalue weighted by molar-refractivity contribution is 5.92. The molecule has 2 amide bonds. The standard InChI is InChI=1S/C23H31N3O3/c1-2-19-16-20(29-24-19)22(28)25-14-11-23(12-15-25)10-8-21(27)26(17-23)13-9-18-6-4-3-5-7-18/h3-7,20H,2,8-17H2,1H3/t20-/m0/s1. The van der Waals surface area contributed by atoms with E-state index >= 15 is 0 Å². The van der Waals surface area contributed by atoms with Crippen molar-refractivity contribution in [3.8, 4) is 0 Å². The second-order valence-corrected chi connectivity index (χ2v) is 8.69. The number of hydrogen-bond donors (Lipinski definition) is 0. The first kappa shape index (κ1) is 19.9. The van der Waals surface area contributed by atoms with Crippen LogP contribution in [-0.4, -0.2) is 59.6 Å². The third-order valence-electron chi connectivity index (χ3n) is 6.81. The lowest BCUT2D eigenvalue weighted by molar-refractivity contribution is -0.148. The number of amides is 2. The van der Waals surface area contributed by atoms with Crippen molar-refractivity contribution in [3.63, 3.8) is 0 Å². The fraction of sp³-hybridized carbons (Fsp3) is 0.609. The molecule has 6 nitrogen and oxygen atoms in total. The summed E-state index contributed by atoms with van der Waals surface area (Å²) in [6, 6.07) is 10.3. The normalized spacial score (nSPS) is 23.8. The average Bonchev–Trinajstić information content (AvgIpc) is 3.25. The van der Waals surface area contributed by atoms with Crippen molar-refractivity contribution in [2.24, 2.45) is 10.6 Å². The Kier molecular flexibility index (Phi) is 5.88. The van der Waals surface area contributed by atoms with Crippen molar-refractivity contribution in [2.45, 2.75) is 58.0 Å². The van der Waals surface area contributed by atoms with Crippen molar-refractivity contribution in [1.82, 2.24) is 9.80 Å². The molecule has 0 radical (unpaired) electrons. The molecule has 1 spiro atoms. The number of likely N-dealkylation sites (tertiary alicyclic amines) is 2. The second kappa shape index (κ2) is 8.56. The Bertz CT molecular complexity index is 769. The smallest absolute Gasteiger partial charge is 0.266 e. The number of benzene rings is 1. The molecule has 4 rings (SSSR count). The fourth-order valence-electron chi connectivity index (χ4n) is 4.80. The molecule has 3 aliphatic heterocycles. The maximum Gasteiger partial charge on any atom is 0.266 e. The second-order valence-electron chi connectivity index (χ2n) is 8.69. The third kappa shape index (κ3) is 4.46. The summed E-state index contributed by atoms with van der Waals surface area (Å²) in [5.41, 5.74) is 2.39. The van der Waals surface area contributed by atoms with E-state index in [1.807, 2.05) is 30.0 Å². The molecule has 156 valence electrons. The zero-order chi connectivity index (χ0) is 20.3. The lowest BCUT2D eigenvalue weighted by atomic mass is 9.72. The average molecular weight is 398 g/mol. The Hall–Kier alpha value is -2.37. The molecule has 0 bridgehead atoms. The highest BCUT2D eigenvalue weighted by Gasteiger charge is 2.43. The molecular weight excluding hydrogens is 366 g/mol. The van der Waals surface area contributed by atoms with E-state index in [0.29, 0.717) is 12.8 Å². The molecule has 1 aromatic rings. The number of hydrogen-bond acceptors (Lipinski definition) is 4. The summed E-state index contributed by atoms with van der Waals surface area (Å²) in [5.74, 6) is 0.341. The first-order valence-corrected chi connectivity index (χ1v) is 10.9. The topological polar surface area (TPSA) is 62.2 Å². The minimum atomic E-state index is -0.436. The summed E-state index contributed by atoms with van der Waals surface area (Å²) in [4.78, 5) is 34.6. The van der Waals surface area contributed by atoms with Crippen LogP contribution in [0.1, 0.15) is 51.0 Å². The molecule has 0 saturated carbocycles. The van der Waals surface area contributed by atoms with Crippen molar-refractivity contribution in [3.05, 3.63) is 35.9 Å². The van der Waals surface area contributed by atoms with E-state index in [-0.39, 0.29) is 17.2 Å². The van der Waals surface area contributed by atoms with E-state index in [0.717, 1.165) is 64.0 Å². The van der Waals surface area contributed by atoms with Gasteiger partial charge in [-0.1, -0.05) is 42.4 Å². The Morgan fingerprint density at radius 1 is 1.21 bits per heavy atom. The fourth-order valence-corrected chi connectivity index (χ4v) is 4.80. The quantitative estimate of drug-likeness (QED) is 0.767. The van der Waals surface area contributed by atoms with Crippen molar-refractivity contribution >= 4 is 17.5 Å². The number of rotatable bonds is 5. The Morgan fingerprint density at radius 3 is 2.66 bits per heavy atom. The van der Waals surface area contributed by atoms with Gasteiger partial charge in [0, 0.05) is 39.0 Å². The van der Waals surface area contributed by atoms with Gasteiger partial charge in [-0.3, -0.25) is 9.59 Å². The van der Waals surface area contributed by atoms with Crippen molar-refractivity contribution < 1.29 is 14.4 Å². The van der Waals surface area contributed by atoms with E-state index in [2.05, 4.69) is 22.2 Å². The van der Waals surface area contributed by atoms with Gasteiger partial charge in [-0.2, -0.15) is 0 Å². The predicted molar refractivity (Wildman–Crippen MR) is 111 cm³/mol. The molecule has 1 aromatic carbocycles. The number of piperidine rings is 2. The van der Waals surface area contributed by atoms with Crippen LogP contribution in [-0.2, 0) is 20.8 Å². The maximum absolute atomic E-state index is 12.8. The van der Waals surface area contributed by atoms with E-state index < -0.39 is 6.10 Å². The van der Waals surface area contributed by atoms with Crippen LogP contribution in [0.5, 0.6) is 0 Å². The first-order chi connectivity index (χ1) is 14.1. The van der Waals surface area contributed by atoms with Gasteiger partial charge in [0.05, 0.1) is 5.71 Å². The largest absolute Gasteiger partial charge is 0.382 e. The minimum absolute atomic E-state index is 0.0693. The summed E-state index contributed by atoms with van der Waals surface area (Å²) in [5, 5.41) is 4.02. The highest BCUT2D eigenvalue weighted by Crippen LogP contribution is 2.40. The third-order valence-corrected chi connectivity index (χ3v) is 6.81. The van der Waals surface area contributed by atoms with E-state index in [1.54, 1.807) is 0 Å². The van der Waals surface area contributed by atoms with Crippen LogP contribution < -0.4 is 0 Å². The molecule has 29 heavy (non-hydrogen) atoms. The molecule has 2 fully saturated rings. The first-order valence-electron chi connectivity index (χ1n) is 10.9. The number of nitrogens with zero attached hydrogens (tertiary/aromatic N) is 3. The lowest BCUT2D eigenvalue weighted by Crippen LogP contribution is -2.53. The van der Waals surface area contributed by atoms with Crippen LogP contribution in [0, 0.1) is 5.41 Å². The van der Waals surface area contributed by atoms with Crippen LogP contribution >= 0.6 is 0 Å². The number of carbonyl (C=O) groups excluding carboxylic acids is 2.